The van der Waals surface area contributed by atoms with E-state index < -0.39 is 11.9 Å². The lowest BCUT2D eigenvalue weighted by Gasteiger charge is -2.15. The Bertz CT molecular complexity index is 535. The molecule has 0 heterocycles. The smallest absolute Gasteiger partial charge is 0.124 e. The van der Waals surface area contributed by atoms with E-state index in [2.05, 4.69) is 15.9 Å². The molecule has 0 saturated heterocycles. The molecule has 94 valence electrons. The average Bonchev–Trinajstić information content (AvgIpc) is 2.28. The van der Waals surface area contributed by atoms with Crippen LogP contribution in [0.2, 0.25) is 5.02 Å². The van der Waals surface area contributed by atoms with Crippen molar-refractivity contribution in [2.24, 2.45) is 0 Å². The van der Waals surface area contributed by atoms with Crippen LogP contribution < -0.4 is 0 Å². The van der Waals surface area contributed by atoms with Gasteiger partial charge in [0.05, 0.1) is 0 Å². The van der Waals surface area contributed by atoms with Crippen LogP contribution in [0.3, 0.4) is 0 Å². The van der Waals surface area contributed by atoms with Crippen LogP contribution in [0, 0.1) is 12.7 Å². The zero-order valence-corrected chi connectivity index (χ0v) is 12.0. The number of aliphatic hydroxyl groups excluding tert-OH is 1. The van der Waals surface area contributed by atoms with Gasteiger partial charge in [0.2, 0.25) is 0 Å². The highest BCUT2D eigenvalue weighted by Gasteiger charge is 2.16. The number of aryl methyl sites for hydroxylation is 1. The molecule has 0 aromatic heterocycles. The highest BCUT2D eigenvalue weighted by Crippen LogP contribution is 2.33. The fourth-order valence-corrected chi connectivity index (χ4v) is 2.73. The summed E-state index contributed by atoms with van der Waals surface area (Å²) in [5.74, 6) is -0.418. The third-order valence-electron chi connectivity index (χ3n) is 2.71. The molecule has 1 N–H and O–H groups in total. The lowest BCUT2D eigenvalue weighted by molar-refractivity contribution is 0.219. The predicted octanol–water partition coefficient (Wildman–Crippen LogP) is 4.63. The second kappa shape index (κ2) is 5.39. The van der Waals surface area contributed by atoms with Crippen LogP contribution in [0.5, 0.6) is 0 Å². The molecule has 1 unspecified atom stereocenters. The van der Waals surface area contributed by atoms with E-state index in [1.54, 1.807) is 0 Å². The first-order chi connectivity index (χ1) is 8.49. The van der Waals surface area contributed by atoms with Gasteiger partial charge in [0.1, 0.15) is 11.9 Å². The largest absolute Gasteiger partial charge is 0.384 e. The first-order valence-electron chi connectivity index (χ1n) is 5.38. The van der Waals surface area contributed by atoms with Crippen molar-refractivity contribution < 1.29 is 9.50 Å². The Morgan fingerprint density at radius 2 is 1.83 bits per heavy atom. The second-order valence-corrected chi connectivity index (χ2v) is 5.35. The van der Waals surface area contributed by atoms with Gasteiger partial charge in [0.25, 0.3) is 0 Å². The summed E-state index contributed by atoms with van der Waals surface area (Å²) in [6.45, 7) is 1.96. The fraction of sp³-hybridized carbons (Fsp3) is 0.143. The molecule has 2 rings (SSSR count). The highest BCUT2D eigenvalue weighted by atomic mass is 79.9. The van der Waals surface area contributed by atoms with Crippen LogP contribution in [0.25, 0.3) is 0 Å². The summed E-state index contributed by atoms with van der Waals surface area (Å²) in [5.41, 5.74) is 2.28. The Morgan fingerprint density at radius 3 is 2.44 bits per heavy atom. The van der Waals surface area contributed by atoms with E-state index in [1.807, 2.05) is 25.1 Å². The summed E-state index contributed by atoms with van der Waals surface area (Å²) in [6, 6.07) is 9.61. The van der Waals surface area contributed by atoms with E-state index in [0.29, 0.717) is 11.1 Å². The maximum Gasteiger partial charge on any atom is 0.124 e. The molecule has 0 amide bonds. The maximum absolute atomic E-state index is 13.0. The van der Waals surface area contributed by atoms with Gasteiger partial charge in [-0.3, -0.25) is 0 Å². The highest BCUT2D eigenvalue weighted by molar-refractivity contribution is 9.10. The van der Waals surface area contributed by atoms with Crippen molar-refractivity contribution in [1.82, 2.24) is 0 Å². The van der Waals surface area contributed by atoms with Crippen molar-refractivity contribution in [2.45, 2.75) is 13.0 Å². The standard InChI is InChI=1S/C14H11BrClFO/c1-8-2-4-10(12(15)6-8)14(18)11-5-3-9(17)7-13(11)16/h2-7,14,18H,1H3. The van der Waals surface area contributed by atoms with Gasteiger partial charge in [-0.1, -0.05) is 45.7 Å². The molecule has 1 nitrogen and oxygen atoms in total. The van der Waals surface area contributed by atoms with Gasteiger partial charge >= 0.3 is 0 Å². The number of rotatable bonds is 2. The van der Waals surface area contributed by atoms with Gasteiger partial charge in [-0.15, -0.1) is 0 Å². The van der Waals surface area contributed by atoms with Gasteiger partial charge in [-0.2, -0.15) is 0 Å². The number of hydrogen-bond acceptors (Lipinski definition) is 1. The molecule has 2 aromatic carbocycles. The van der Waals surface area contributed by atoms with Crippen LogP contribution in [-0.2, 0) is 0 Å². The van der Waals surface area contributed by atoms with Gasteiger partial charge < -0.3 is 5.11 Å². The first kappa shape index (κ1) is 13.5. The predicted molar refractivity (Wildman–Crippen MR) is 74.4 cm³/mol. The molecule has 1 atom stereocenters. The maximum atomic E-state index is 13.0. The molecule has 0 radical (unpaired) electrons. The first-order valence-corrected chi connectivity index (χ1v) is 6.55. The van der Waals surface area contributed by atoms with E-state index in [4.69, 9.17) is 11.6 Å². The summed E-state index contributed by atoms with van der Waals surface area (Å²) < 4.78 is 13.8. The van der Waals surface area contributed by atoms with E-state index in [0.717, 1.165) is 10.0 Å². The van der Waals surface area contributed by atoms with Crippen molar-refractivity contribution in [3.05, 3.63) is 68.4 Å². The molecular formula is C14H11BrClFO. The zero-order chi connectivity index (χ0) is 13.3. The van der Waals surface area contributed by atoms with Crippen LogP contribution in [0.15, 0.2) is 40.9 Å². The molecule has 2 aromatic rings. The van der Waals surface area contributed by atoms with E-state index in [-0.39, 0.29) is 5.02 Å². The minimum Gasteiger partial charge on any atom is -0.384 e. The van der Waals surface area contributed by atoms with Crippen LogP contribution in [-0.4, -0.2) is 5.11 Å². The van der Waals surface area contributed by atoms with Crippen molar-refractivity contribution >= 4 is 27.5 Å². The molecule has 18 heavy (non-hydrogen) atoms. The summed E-state index contributed by atoms with van der Waals surface area (Å²) in [4.78, 5) is 0. The lowest BCUT2D eigenvalue weighted by Crippen LogP contribution is -2.02. The topological polar surface area (TPSA) is 20.2 Å². The summed E-state index contributed by atoms with van der Waals surface area (Å²) in [7, 11) is 0. The van der Waals surface area contributed by atoms with E-state index in [9.17, 15) is 9.50 Å². The minimum absolute atomic E-state index is 0.218. The normalized spacial score (nSPS) is 12.5. The van der Waals surface area contributed by atoms with Gasteiger partial charge in [0, 0.05) is 15.1 Å². The number of hydrogen-bond donors (Lipinski definition) is 1. The van der Waals surface area contributed by atoms with Crippen molar-refractivity contribution in [2.75, 3.05) is 0 Å². The Morgan fingerprint density at radius 1 is 1.17 bits per heavy atom. The Balaban J connectivity index is 2.44. The fourth-order valence-electron chi connectivity index (χ4n) is 1.74. The molecule has 0 aliphatic rings. The van der Waals surface area contributed by atoms with Gasteiger partial charge in [-0.05, 0) is 36.2 Å². The number of halogens is 3. The number of benzene rings is 2. The summed E-state index contributed by atoms with van der Waals surface area (Å²) in [5, 5.41) is 10.5. The quantitative estimate of drug-likeness (QED) is 0.851. The molecule has 0 aliphatic carbocycles. The van der Waals surface area contributed by atoms with Gasteiger partial charge in [-0.25, -0.2) is 4.39 Å². The lowest BCUT2D eigenvalue weighted by atomic mass is 10.0. The SMILES string of the molecule is Cc1ccc(C(O)c2ccc(F)cc2Cl)c(Br)c1. The van der Waals surface area contributed by atoms with Crippen molar-refractivity contribution in [3.8, 4) is 0 Å². The average molecular weight is 330 g/mol. The molecule has 4 heteroatoms. The van der Waals surface area contributed by atoms with Crippen LogP contribution >= 0.6 is 27.5 Å². The third-order valence-corrected chi connectivity index (χ3v) is 3.72. The zero-order valence-electron chi connectivity index (χ0n) is 9.62. The van der Waals surface area contributed by atoms with Crippen LogP contribution in [0.4, 0.5) is 4.39 Å². The minimum atomic E-state index is -0.881. The van der Waals surface area contributed by atoms with E-state index >= 15 is 0 Å². The summed E-state index contributed by atoms with van der Waals surface area (Å²) in [6.07, 6.45) is -0.881. The molecular weight excluding hydrogens is 319 g/mol. The monoisotopic (exact) mass is 328 g/mol. The Kier molecular flexibility index (Phi) is 4.05. The van der Waals surface area contributed by atoms with Crippen molar-refractivity contribution in [3.63, 3.8) is 0 Å². The van der Waals surface area contributed by atoms with E-state index in [1.165, 1.54) is 18.2 Å². The van der Waals surface area contributed by atoms with Crippen LogP contribution in [0.1, 0.15) is 22.8 Å². The van der Waals surface area contributed by atoms with Gasteiger partial charge in [0.15, 0.2) is 0 Å². The molecule has 0 saturated carbocycles. The Hall–Kier alpha value is -0.900. The molecule has 0 bridgehead atoms. The Labute approximate surface area is 118 Å². The van der Waals surface area contributed by atoms with Crippen molar-refractivity contribution in [1.29, 1.82) is 0 Å². The summed E-state index contributed by atoms with van der Waals surface area (Å²) >= 11 is 9.35. The second-order valence-electron chi connectivity index (χ2n) is 4.09. The molecule has 0 spiro atoms. The molecule has 0 aliphatic heterocycles. The molecule has 0 fully saturated rings. The number of aliphatic hydroxyl groups is 1. The third kappa shape index (κ3) is 2.74.